The number of aromatic nitrogens is 4. The standard InChI is InChI=1S/C10H12N4S/c1-7(2)3-4-15-10-8-9(12-5-11-8)13-6-14-10/h3,5-6H,4H2,1-2H3,(H,11,12,13,14). The molecule has 78 valence electrons. The van der Waals surface area contributed by atoms with Crippen LogP contribution in [0.25, 0.3) is 11.2 Å². The van der Waals surface area contributed by atoms with Crippen LogP contribution < -0.4 is 0 Å². The summed E-state index contributed by atoms with van der Waals surface area (Å²) < 4.78 is 0. The minimum atomic E-state index is 0.727. The van der Waals surface area contributed by atoms with Crippen molar-refractivity contribution >= 4 is 22.9 Å². The van der Waals surface area contributed by atoms with Crippen LogP contribution >= 0.6 is 11.8 Å². The number of thioether (sulfide) groups is 1. The molecule has 15 heavy (non-hydrogen) atoms. The summed E-state index contributed by atoms with van der Waals surface area (Å²) >= 11 is 1.68. The van der Waals surface area contributed by atoms with E-state index in [0.717, 1.165) is 21.9 Å². The molecule has 0 aliphatic rings. The lowest BCUT2D eigenvalue weighted by Gasteiger charge is -1.98. The highest BCUT2D eigenvalue weighted by molar-refractivity contribution is 7.99. The van der Waals surface area contributed by atoms with Crippen molar-refractivity contribution < 1.29 is 0 Å². The van der Waals surface area contributed by atoms with Gasteiger partial charge < -0.3 is 4.98 Å². The fourth-order valence-corrected chi connectivity index (χ4v) is 2.13. The summed E-state index contributed by atoms with van der Waals surface area (Å²) in [6.45, 7) is 4.18. The van der Waals surface area contributed by atoms with Crippen molar-refractivity contribution in [3.8, 4) is 0 Å². The molecule has 5 heteroatoms. The predicted octanol–water partition coefficient (Wildman–Crippen LogP) is 2.41. The third kappa shape index (κ3) is 2.36. The summed E-state index contributed by atoms with van der Waals surface area (Å²) in [5.74, 6) is 0.924. The molecule has 2 rings (SSSR count). The van der Waals surface area contributed by atoms with Gasteiger partial charge in [0.2, 0.25) is 0 Å². The van der Waals surface area contributed by atoms with Gasteiger partial charge in [0.25, 0.3) is 0 Å². The summed E-state index contributed by atoms with van der Waals surface area (Å²) in [6, 6.07) is 0. The van der Waals surface area contributed by atoms with Gasteiger partial charge in [-0.3, -0.25) is 0 Å². The predicted molar refractivity (Wildman–Crippen MR) is 61.8 cm³/mol. The molecule has 0 unspecified atom stereocenters. The van der Waals surface area contributed by atoms with Crippen LogP contribution in [0.3, 0.4) is 0 Å². The first-order valence-corrected chi connectivity index (χ1v) is 5.66. The van der Waals surface area contributed by atoms with E-state index in [9.17, 15) is 0 Å². The second kappa shape index (κ2) is 4.44. The number of rotatable bonds is 3. The molecule has 0 radical (unpaired) electrons. The number of hydrogen-bond acceptors (Lipinski definition) is 4. The van der Waals surface area contributed by atoms with Crippen molar-refractivity contribution in [1.82, 2.24) is 19.9 Å². The first-order chi connectivity index (χ1) is 7.27. The summed E-state index contributed by atoms with van der Waals surface area (Å²) in [4.78, 5) is 15.4. The van der Waals surface area contributed by atoms with Crippen molar-refractivity contribution in [2.45, 2.75) is 18.9 Å². The molecule has 0 amide bonds. The molecule has 0 aromatic carbocycles. The summed E-state index contributed by atoms with van der Waals surface area (Å²) in [5.41, 5.74) is 2.96. The van der Waals surface area contributed by atoms with E-state index in [4.69, 9.17) is 0 Å². The normalized spacial score (nSPS) is 10.5. The first-order valence-electron chi connectivity index (χ1n) is 4.67. The van der Waals surface area contributed by atoms with Crippen LogP contribution in [0.5, 0.6) is 0 Å². The van der Waals surface area contributed by atoms with Gasteiger partial charge in [-0.2, -0.15) is 0 Å². The van der Waals surface area contributed by atoms with Crippen LogP contribution in [-0.4, -0.2) is 25.7 Å². The van der Waals surface area contributed by atoms with Gasteiger partial charge in [-0.25, -0.2) is 15.0 Å². The molecule has 0 fully saturated rings. The molecule has 0 bridgehead atoms. The lowest BCUT2D eigenvalue weighted by Crippen LogP contribution is -1.86. The lowest BCUT2D eigenvalue weighted by molar-refractivity contribution is 1.09. The zero-order valence-corrected chi connectivity index (χ0v) is 9.51. The highest BCUT2D eigenvalue weighted by Crippen LogP contribution is 2.21. The molecule has 0 saturated carbocycles. The SMILES string of the molecule is CC(C)=CCSc1ncnc2nc[nH]c12. The number of allylic oxidation sites excluding steroid dienone is 1. The molecule has 4 nitrogen and oxygen atoms in total. The fraction of sp³-hybridized carbons (Fsp3) is 0.300. The Bertz CT molecular complexity index is 485. The molecule has 1 N–H and O–H groups in total. The Hall–Kier alpha value is -1.36. The Kier molecular flexibility index (Phi) is 3.01. The number of hydrogen-bond donors (Lipinski definition) is 1. The Labute approximate surface area is 92.2 Å². The van der Waals surface area contributed by atoms with E-state index in [1.807, 2.05) is 0 Å². The van der Waals surface area contributed by atoms with Crippen molar-refractivity contribution in [3.05, 3.63) is 24.3 Å². The largest absolute Gasteiger partial charge is 0.341 e. The summed E-state index contributed by atoms with van der Waals surface area (Å²) in [6.07, 6.45) is 5.37. The maximum absolute atomic E-state index is 4.23. The molecule has 0 spiro atoms. The van der Waals surface area contributed by atoms with Gasteiger partial charge in [0.15, 0.2) is 5.65 Å². The van der Waals surface area contributed by atoms with Gasteiger partial charge >= 0.3 is 0 Å². The zero-order chi connectivity index (χ0) is 10.7. The first kappa shape index (κ1) is 10.2. The zero-order valence-electron chi connectivity index (χ0n) is 8.69. The van der Waals surface area contributed by atoms with Gasteiger partial charge in [-0.1, -0.05) is 23.4 Å². The molecule has 2 aromatic heterocycles. The highest BCUT2D eigenvalue weighted by atomic mass is 32.2. The fourth-order valence-electron chi connectivity index (χ4n) is 1.14. The third-order valence-corrected chi connectivity index (χ3v) is 2.82. The lowest BCUT2D eigenvalue weighted by atomic mass is 10.3. The second-order valence-corrected chi connectivity index (χ2v) is 4.38. The van der Waals surface area contributed by atoms with Gasteiger partial charge in [0, 0.05) is 5.75 Å². The van der Waals surface area contributed by atoms with Crippen molar-refractivity contribution in [1.29, 1.82) is 0 Å². The van der Waals surface area contributed by atoms with Crippen LogP contribution in [0.4, 0.5) is 0 Å². The van der Waals surface area contributed by atoms with Gasteiger partial charge in [-0.15, -0.1) is 0 Å². The number of nitrogens with one attached hydrogen (secondary N) is 1. The summed E-state index contributed by atoms with van der Waals surface area (Å²) in [7, 11) is 0. The Morgan fingerprint density at radius 3 is 3.07 bits per heavy atom. The third-order valence-electron chi connectivity index (χ3n) is 1.90. The minimum absolute atomic E-state index is 0.727. The number of fused-ring (bicyclic) bond motifs is 1. The van der Waals surface area contributed by atoms with Crippen molar-refractivity contribution in [2.24, 2.45) is 0 Å². The second-order valence-electron chi connectivity index (χ2n) is 3.37. The number of imidazole rings is 1. The number of nitrogens with zero attached hydrogens (tertiary/aromatic N) is 3. The molecule has 0 aliphatic heterocycles. The Balaban J connectivity index is 2.20. The van der Waals surface area contributed by atoms with E-state index in [2.05, 4.69) is 39.9 Å². The van der Waals surface area contributed by atoms with Crippen molar-refractivity contribution in [2.75, 3.05) is 5.75 Å². The number of H-pyrrole nitrogens is 1. The van der Waals surface area contributed by atoms with Gasteiger partial charge in [-0.05, 0) is 13.8 Å². The Morgan fingerprint density at radius 1 is 1.40 bits per heavy atom. The highest BCUT2D eigenvalue weighted by Gasteiger charge is 2.04. The molecule has 0 atom stereocenters. The minimum Gasteiger partial charge on any atom is -0.341 e. The molecule has 2 heterocycles. The maximum atomic E-state index is 4.23. The van der Waals surface area contributed by atoms with E-state index in [1.165, 1.54) is 5.57 Å². The van der Waals surface area contributed by atoms with E-state index < -0.39 is 0 Å². The molecular weight excluding hydrogens is 208 g/mol. The smallest absolute Gasteiger partial charge is 0.181 e. The monoisotopic (exact) mass is 220 g/mol. The van der Waals surface area contributed by atoms with Gasteiger partial charge in [0.05, 0.1) is 6.33 Å². The molecule has 0 saturated heterocycles. The average molecular weight is 220 g/mol. The van der Waals surface area contributed by atoms with E-state index in [0.29, 0.717) is 0 Å². The van der Waals surface area contributed by atoms with E-state index in [1.54, 1.807) is 24.4 Å². The maximum Gasteiger partial charge on any atom is 0.181 e. The molecule has 2 aromatic rings. The quantitative estimate of drug-likeness (QED) is 0.490. The van der Waals surface area contributed by atoms with Crippen molar-refractivity contribution in [3.63, 3.8) is 0 Å². The topological polar surface area (TPSA) is 54.5 Å². The van der Waals surface area contributed by atoms with Crippen LogP contribution in [0.2, 0.25) is 0 Å². The van der Waals surface area contributed by atoms with Crippen LogP contribution in [0.1, 0.15) is 13.8 Å². The molecule has 0 aliphatic carbocycles. The number of aromatic amines is 1. The van der Waals surface area contributed by atoms with Crippen LogP contribution in [0, 0.1) is 0 Å². The van der Waals surface area contributed by atoms with Crippen LogP contribution in [-0.2, 0) is 0 Å². The van der Waals surface area contributed by atoms with E-state index >= 15 is 0 Å². The van der Waals surface area contributed by atoms with Gasteiger partial charge in [0.1, 0.15) is 16.9 Å². The summed E-state index contributed by atoms with van der Waals surface area (Å²) in [5, 5.41) is 0.954. The van der Waals surface area contributed by atoms with Crippen LogP contribution in [0.15, 0.2) is 29.3 Å². The average Bonchev–Trinajstić information content (AvgIpc) is 2.65. The Morgan fingerprint density at radius 2 is 2.27 bits per heavy atom. The molecular formula is C10H12N4S. The van der Waals surface area contributed by atoms with E-state index in [-0.39, 0.29) is 0 Å².